The number of aliphatic hydroxyl groups is 1. The first-order valence-corrected chi connectivity index (χ1v) is 10.8. The van der Waals surface area contributed by atoms with Gasteiger partial charge >= 0.3 is 0 Å². The molecule has 0 fully saturated rings. The average molecular weight is 453 g/mol. The van der Waals surface area contributed by atoms with Gasteiger partial charge in [0.05, 0.1) is 4.47 Å². The van der Waals surface area contributed by atoms with Crippen molar-refractivity contribution in [3.63, 3.8) is 0 Å². The zero-order valence-electron chi connectivity index (χ0n) is 15.8. The van der Waals surface area contributed by atoms with Crippen LogP contribution in [-0.4, -0.2) is 5.11 Å². The number of rotatable bonds is 5. The summed E-state index contributed by atoms with van der Waals surface area (Å²) in [6.07, 6.45) is -0.657. The largest absolute Gasteiger partial charge is 0.487 e. The van der Waals surface area contributed by atoms with Crippen molar-refractivity contribution in [1.82, 2.24) is 0 Å². The molecule has 1 heterocycles. The Morgan fingerprint density at radius 1 is 0.964 bits per heavy atom. The minimum Gasteiger partial charge on any atom is -0.487 e. The number of ether oxygens (including phenoxy) is 1. The Morgan fingerprint density at radius 3 is 2.43 bits per heavy atom. The summed E-state index contributed by atoms with van der Waals surface area (Å²) in [6, 6.07) is 22.4. The second kappa shape index (κ2) is 8.08. The number of halogens is 1. The molecule has 1 atom stereocenters. The Kier molecular flexibility index (Phi) is 5.54. The Morgan fingerprint density at radius 2 is 1.68 bits per heavy atom. The van der Waals surface area contributed by atoms with Crippen LogP contribution in [0.4, 0.5) is 0 Å². The molecule has 0 saturated carbocycles. The van der Waals surface area contributed by atoms with Gasteiger partial charge in [-0.3, -0.25) is 0 Å². The van der Waals surface area contributed by atoms with Crippen molar-refractivity contribution in [1.29, 1.82) is 0 Å². The number of hydrogen-bond donors (Lipinski definition) is 1. The first-order chi connectivity index (χ1) is 13.5. The summed E-state index contributed by atoms with van der Waals surface area (Å²) in [6.45, 7) is 4.60. The maximum Gasteiger partial charge on any atom is 0.137 e. The molecule has 1 N–H and O–H groups in total. The van der Waals surface area contributed by atoms with E-state index in [-0.39, 0.29) is 0 Å². The zero-order valence-corrected chi connectivity index (χ0v) is 18.2. The fraction of sp³-hybridized carbons (Fsp3) is 0.167. The van der Waals surface area contributed by atoms with Crippen molar-refractivity contribution in [2.24, 2.45) is 0 Å². The predicted octanol–water partition coefficient (Wildman–Crippen LogP) is 6.94. The molecule has 0 saturated heterocycles. The molecule has 0 spiro atoms. The lowest BCUT2D eigenvalue weighted by Gasteiger charge is -2.19. The van der Waals surface area contributed by atoms with Gasteiger partial charge in [-0.15, -0.1) is 11.3 Å². The molecule has 0 aliphatic carbocycles. The van der Waals surface area contributed by atoms with Crippen molar-refractivity contribution < 1.29 is 9.84 Å². The molecule has 142 valence electrons. The van der Waals surface area contributed by atoms with Crippen molar-refractivity contribution in [3.05, 3.63) is 98.3 Å². The molecule has 4 heteroatoms. The quantitative estimate of drug-likeness (QED) is 0.355. The second-order valence-electron chi connectivity index (χ2n) is 6.89. The van der Waals surface area contributed by atoms with Crippen LogP contribution in [-0.2, 0) is 6.61 Å². The molecule has 1 aromatic heterocycles. The monoisotopic (exact) mass is 452 g/mol. The van der Waals surface area contributed by atoms with E-state index < -0.39 is 6.10 Å². The van der Waals surface area contributed by atoms with E-state index in [2.05, 4.69) is 46.3 Å². The molecular formula is C24H21BrO2S. The van der Waals surface area contributed by atoms with E-state index in [1.165, 1.54) is 4.70 Å². The predicted molar refractivity (Wildman–Crippen MR) is 120 cm³/mol. The Hall–Kier alpha value is -2.14. The molecule has 0 bridgehead atoms. The highest BCUT2D eigenvalue weighted by molar-refractivity contribution is 9.10. The fourth-order valence-electron chi connectivity index (χ4n) is 3.36. The first kappa shape index (κ1) is 19.2. The highest BCUT2D eigenvalue weighted by Gasteiger charge is 2.20. The molecule has 0 radical (unpaired) electrons. The number of thiophene rings is 1. The van der Waals surface area contributed by atoms with E-state index in [0.717, 1.165) is 42.7 Å². The Bertz CT molecular complexity index is 1090. The highest BCUT2D eigenvalue weighted by Crippen LogP contribution is 2.40. The lowest BCUT2D eigenvalue weighted by molar-refractivity contribution is 0.223. The molecule has 2 nitrogen and oxygen atoms in total. The van der Waals surface area contributed by atoms with Gasteiger partial charge < -0.3 is 9.84 Å². The van der Waals surface area contributed by atoms with Gasteiger partial charge in [-0.1, -0.05) is 48.5 Å². The van der Waals surface area contributed by atoms with Crippen LogP contribution in [0.25, 0.3) is 10.1 Å². The SMILES string of the molecule is Cc1c(C(O)c2cc3ccccc3s2)cc(Br)c(OCc2ccccc2)c1C. The molecule has 28 heavy (non-hydrogen) atoms. The maximum absolute atomic E-state index is 11.1. The van der Waals surface area contributed by atoms with E-state index in [0.29, 0.717) is 6.61 Å². The molecule has 0 aliphatic heterocycles. The van der Waals surface area contributed by atoms with Gasteiger partial charge in [0.25, 0.3) is 0 Å². The molecule has 3 aromatic carbocycles. The molecule has 0 aliphatic rings. The van der Waals surface area contributed by atoms with Crippen LogP contribution < -0.4 is 4.74 Å². The standard InChI is InChI=1S/C24H21BrO2S/c1-15-16(2)24(27-14-17-8-4-3-5-9-17)20(25)13-19(15)23(26)22-12-18-10-6-7-11-21(18)28-22/h3-13,23,26H,14H2,1-2H3. The minimum absolute atomic E-state index is 0.512. The van der Waals surface area contributed by atoms with Crippen LogP contribution in [0.3, 0.4) is 0 Å². The van der Waals surface area contributed by atoms with Gasteiger partial charge in [-0.05, 0) is 75.6 Å². The summed E-state index contributed by atoms with van der Waals surface area (Å²) in [7, 11) is 0. The van der Waals surface area contributed by atoms with E-state index in [1.54, 1.807) is 11.3 Å². The van der Waals surface area contributed by atoms with Crippen LogP contribution in [0.5, 0.6) is 5.75 Å². The number of hydrogen-bond acceptors (Lipinski definition) is 3. The lowest BCUT2D eigenvalue weighted by Crippen LogP contribution is -2.05. The van der Waals surface area contributed by atoms with Gasteiger partial charge in [-0.25, -0.2) is 0 Å². The Balaban J connectivity index is 1.64. The van der Waals surface area contributed by atoms with Crippen molar-refractivity contribution in [3.8, 4) is 5.75 Å². The third-order valence-electron chi connectivity index (χ3n) is 5.07. The average Bonchev–Trinajstić information content (AvgIpc) is 3.15. The summed E-state index contributed by atoms with van der Waals surface area (Å²) in [4.78, 5) is 0.952. The number of fused-ring (bicyclic) bond motifs is 1. The van der Waals surface area contributed by atoms with Crippen LogP contribution in [0.1, 0.15) is 33.2 Å². The summed E-state index contributed by atoms with van der Waals surface area (Å²) in [5.74, 6) is 0.827. The smallest absolute Gasteiger partial charge is 0.137 e. The van der Waals surface area contributed by atoms with Crippen molar-refractivity contribution in [2.75, 3.05) is 0 Å². The summed E-state index contributed by atoms with van der Waals surface area (Å²) in [5.41, 5.74) is 4.13. The maximum atomic E-state index is 11.1. The third kappa shape index (κ3) is 3.72. The third-order valence-corrected chi connectivity index (χ3v) is 6.83. The second-order valence-corrected chi connectivity index (χ2v) is 8.86. The highest BCUT2D eigenvalue weighted by atomic mass is 79.9. The van der Waals surface area contributed by atoms with Crippen LogP contribution in [0.2, 0.25) is 0 Å². The number of aliphatic hydroxyl groups excluding tert-OH is 1. The number of benzene rings is 3. The minimum atomic E-state index is -0.657. The lowest BCUT2D eigenvalue weighted by atomic mass is 9.97. The van der Waals surface area contributed by atoms with Gasteiger partial charge in [0.15, 0.2) is 0 Å². The van der Waals surface area contributed by atoms with Crippen LogP contribution in [0, 0.1) is 13.8 Å². The summed E-state index contributed by atoms with van der Waals surface area (Å²) >= 11 is 5.28. The Labute approximate surface area is 177 Å². The van der Waals surface area contributed by atoms with E-state index in [4.69, 9.17) is 4.74 Å². The summed E-state index contributed by atoms with van der Waals surface area (Å²) < 4.78 is 8.15. The molecule has 4 rings (SSSR count). The van der Waals surface area contributed by atoms with Gasteiger partial charge in [0.1, 0.15) is 18.5 Å². The van der Waals surface area contributed by atoms with E-state index in [1.807, 2.05) is 50.2 Å². The topological polar surface area (TPSA) is 29.5 Å². The molecular weight excluding hydrogens is 432 g/mol. The first-order valence-electron chi connectivity index (χ1n) is 9.17. The van der Waals surface area contributed by atoms with Crippen LogP contribution >= 0.6 is 27.3 Å². The van der Waals surface area contributed by atoms with Crippen molar-refractivity contribution in [2.45, 2.75) is 26.6 Å². The summed E-state index contributed by atoms with van der Waals surface area (Å²) in [5, 5.41) is 12.2. The molecule has 0 amide bonds. The van der Waals surface area contributed by atoms with E-state index in [9.17, 15) is 5.11 Å². The molecule has 1 unspecified atom stereocenters. The van der Waals surface area contributed by atoms with Gasteiger partial charge in [0, 0.05) is 9.58 Å². The normalized spacial score (nSPS) is 12.3. The van der Waals surface area contributed by atoms with E-state index >= 15 is 0 Å². The van der Waals surface area contributed by atoms with Gasteiger partial charge in [-0.2, -0.15) is 0 Å². The van der Waals surface area contributed by atoms with Crippen molar-refractivity contribution >= 4 is 37.4 Å². The van der Waals surface area contributed by atoms with Crippen LogP contribution in [0.15, 0.2) is 71.2 Å². The fourth-order valence-corrected chi connectivity index (χ4v) is 5.09. The molecule has 4 aromatic rings. The zero-order chi connectivity index (χ0) is 19.7. The van der Waals surface area contributed by atoms with Gasteiger partial charge in [0.2, 0.25) is 0 Å².